The van der Waals surface area contributed by atoms with Gasteiger partial charge in [0.25, 0.3) is 0 Å². The van der Waals surface area contributed by atoms with Crippen LogP contribution < -0.4 is 0 Å². The molecule has 0 radical (unpaired) electrons. The molecule has 4 heteroatoms. The second-order valence-corrected chi connectivity index (χ2v) is 5.63. The Morgan fingerprint density at radius 2 is 2.47 bits per heavy atom. The van der Waals surface area contributed by atoms with Crippen LogP contribution in [0.2, 0.25) is 0 Å². The van der Waals surface area contributed by atoms with E-state index in [9.17, 15) is 4.79 Å². The van der Waals surface area contributed by atoms with Crippen molar-refractivity contribution < 1.29 is 14.3 Å². The zero-order chi connectivity index (χ0) is 11.6. The molecule has 3 aliphatic heterocycles. The van der Waals surface area contributed by atoms with Gasteiger partial charge in [0, 0.05) is 32.1 Å². The number of hydrogen-bond donors (Lipinski definition) is 0. The largest absolute Gasteiger partial charge is 0.450 e. The first-order chi connectivity index (χ1) is 8.24. The lowest BCUT2D eigenvalue weighted by Crippen LogP contribution is -2.44. The number of nitrogens with zero attached hydrogens (tertiary/aromatic N) is 1. The summed E-state index contributed by atoms with van der Waals surface area (Å²) in [5.74, 6) is -0.149. The van der Waals surface area contributed by atoms with Gasteiger partial charge in [-0.3, -0.25) is 4.90 Å². The molecule has 4 rings (SSSR count). The Bertz CT molecular complexity index is 419. The van der Waals surface area contributed by atoms with E-state index in [1.54, 1.807) is 13.2 Å². The van der Waals surface area contributed by atoms with E-state index in [1.165, 1.54) is 12.0 Å². The van der Waals surface area contributed by atoms with Crippen LogP contribution in [0.1, 0.15) is 25.7 Å². The molecule has 0 aromatic carbocycles. The predicted molar refractivity (Wildman–Crippen MR) is 60.5 cm³/mol. The molecule has 4 unspecified atom stereocenters. The minimum Gasteiger partial charge on any atom is -0.450 e. The molecule has 3 heterocycles. The summed E-state index contributed by atoms with van der Waals surface area (Å²) < 4.78 is 11.3. The van der Waals surface area contributed by atoms with E-state index in [2.05, 4.69) is 4.90 Å². The topological polar surface area (TPSA) is 38.8 Å². The van der Waals surface area contributed by atoms with Gasteiger partial charge in [0.05, 0.1) is 12.1 Å². The molecule has 4 aliphatic rings. The van der Waals surface area contributed by atoms with Gasteiger partial charge >= 0.3 is 5.97 Å². The molecule has 2 saturated heterocycles. The number of fused-ring (bicyclic) bond motifs is 3. The molecule has 1 spiro atoms. The summed E-state index contributed by atoms with van der Waals surface area (Å²) in [4.78, 5) is 14.1. The van der Waals surface area contributed by atoms with Gasteiger partial charge < -0.3 is 9.47 Å². The Hall–Kier alpha value is -0.870. The van der Waals surface area contributed by atoms with Crippen molar-refractivity contribution in [1.82, 2.24) is 4.90 Å². The van der Waals surface area contributed by atoms with Crippen molar-refractivity contribution in [2.24, 2.45) is 0 Å². The van der Waals surface area contributed by atoms with Crippen molar-refractivity contribution in [3.63, 3.8) is 0 Å². The third kappa shape index (κ3) is 1.08. The third-order valence-corrected chi connectivity index (χ3v) is 5.04. The molecular formula is C13H17NO3. The van der Waals surface area contributed by atoms with Crippen LogP contribution in [0.3, 0.4) is 0 Å². The van der Waals surface area contributed by atoms with Crippen molar-refractivity contribution in [2.75, 3.05) is 13.7 Å². The molecule has 4 atom stereocenters. The van der Waals surface area contributed by atoms with Crippen LogP contribution >= 0.6 is 0 Å². The van der Waals surface area contributed by atoms with Gasteiger partial charge in [-0.25, -0.2) is 4.79 Å². The zero-order valence-corrected chi connectivity index (χ0v) is 10.0. The second kappa shape index (κ2) is 3.12. The fraction of sp³-hybridized carbons (Fsp3) is 0.769. The average molecular weight is 235 g/mol. The number of carbonyl (C=O) groups excluding carboxylic acids is 1. The first-order valence-corrected chi connectivity index (χ1v) is 6.47. The van der Waals surface area contributed by atoms with Crippen molar-refractivity contribution in [3.8, 4) is 0 Å². The van der Waals surface area contributed by atoms with Crippen molar-refractivity contribution in [1.29, 1.82) is 0 Å². The Balaban J connectivity index is 1.82. The minimum absolute atomic E-state index is 0.149. The number of hydrogen-bond acceptors (Lipinski definition) is 4. The summed E-state index contributed by atoms with van der Waals surface area (Å²) in [6.07, 6.45) is 6.10. The first-order valence-electron chi connectivity index (χ1n) is 6.47. The van der Waals surface area contributed by atoms with Crippen LogP contribution in [0.25, 0.3) is 0 Å². The highest BCUT2D eigenvalue weighted by Crippen LogP contribution is 2.54. The van der Waals surface area contributed by atoms with Gasteiger partial charge in [0.15, 0.2) is 5.60 Å². The van der Waals surface area contributed by atoms with E-state index in [-0.39, 0.29) is 17.7 Å². The Morgan fingerprint density at radius 1 is 1.59 bits per heavy atom. The number of methoxy groups -OCH3 is 1. The fourth-order valence-electron chi connectivity index (χ4n) is 4.41. The number of rotatable bonds is 1. The molecule has 17 heavy (non-hydrogen) atoms. The molecule has 0 aromatic heterocycles. The Labute approximate surface area is 101 Å². The van der Waals surface area contributed by atoms with E-state index < -0.39 is 0 Å². The highest BCUT2D eigenvalue weighted by atomic mass is 16.6. The van der Waals surface area contributed by atoms with E-state index in [4.69, 9.17) is 9.47 Å². The highest BCUT2D eigenvalue weighted by molar-refractivity contribution is 5.87. The highest BCUT2D eigenvalue weighted by Gasteiger charge is 2.64. The normalized spacial score (nSPS) is 47.7. The first kappa shape index (κ1) is 10.1. The SMILES string of the molecule is COC1CC2=CC(=O)OC23CC1N1CCCC13. The monoisotopic (exact) mass is 235 g/mol. The molecule has 92 valence electrons. The van der Waals surface area contributed by atoms with Crippen LogP contribution in [-0.4, -0.2) is 48.3 Å². The molecule has 0 amide bonds. The van der Waals surface area contributed by atoms with E-state index in [1.807, 2.05) is 0 Å². The van der Waals surface area contributed by atoms with Gasteiger partial charge in [-0.1, -0.05) is 0 Å². The lowest BCUT2D eigenvalue weighted by atomic mass is 9.76. The summed E-state index contributed by atoms with van der Waals surface area (Å²) in [6, 6.07) is 0.848. The maximum absolute atomic E-state index is 11.6. The number of ether oxygens (including phenoxy) is 2. The van der Waals surface area contributed by atoms with Gasteiger partial charge in [0.1, 0.15) is 0 Å². The standard InChI is InChI=1S/C13H17NO3/c1-16-10-5-8-6-12(15)17-13(8)7-9(10)14-4-2-3-11(13)14/h6,9-11H,2-5,7H2,1H3. The van der Waals surface area contributed by atoms with Gasteiger partial charge in [-0.15, -0.1) is 0 Å². The van der Waals surface area contributed by atoms with Crippen molar-refractivity contribution in [2.45, 2.75) is 49.5 Å². The number of carbonyl (C=O) groups is 1. The quantitative estimate of drug-likeness (QED) is 0.632. The molecular weight excluding hydrogens is 218 g/mol. The number of esters is 1. The van der Waals surface area contributed by atoms with E-state index >= 15 is 0 Å². The molecule has 2 bridgehead atoms. The summed E-state index contributed by atoms with van der Waals surface area (Å²) in [7, 11) is 1.78. The molecule has 4 nitrogen and oxygen atoms in total. The molecule has 0 aromatic rings. The lowest BCUT2D eigenvalue weighted by molar-refractivity contribution is -0.148. The third-order valence-electron chi connectivity index (χ3n) is 5.04. The molecule has 1 saturated carbocycles. The summed E-state index contributed by atoms with van der Waals surface area (Å²) in [6.45, 7) is 1.13. The van der Waals surface area contributed by atoms with Crippen LogP contribution in [-0.2, 0) is 14.3 Å². The maximum Gasteiger partial charge on any atom is 0.331 e. The van der Waals surface area contributed by atoms with Crippen molar-refractivity contribution in [3.05, 3.63) is 11.6 Å². The molecule has 3 fully saturated rings. The van der Waals surface area contributed by atoms with E-state index in [0.29, 0.717) is 12.1 Å². The fourth-order valence-corrected chi connectivity index (χ4v) is 4.41. The average Bonchev–Trinajstić information content (AvgIpc) is 2.94. The summed E-state index contributed by atoms with van der Waals surface area (Å²) in [5.41, 5.74) is 0.896. The van der Waals surface area contributed by atoms with Crippen LogP contribution in [0, 0.1) is 0 Å². The molecule has 0 N–H and O–H groups in total. The van der Waals surface area contributed by atoms with E-state index in [0.717, 1.165) is 25.8 Å². The Kier molecular flexibility index (Phi) is 1.85. The minimum atomic E-state index is -0.284. The van der Waals surface area contributed by atoms with Crippen LogP contribution in [0.4, 0.5) is 0 Å². The lowest BCUT2D eigenvalue weighted by Gasteiger charge is -2.36. The van der Waals surface area contributed by atoms with Gasteiger partial charge in [0.2, 0.25) is 0 Å². The van der Waals surface area contributed by atoms with Crippen molar-refractivity contribution >= 4 is 5.97 Å². The maximum atomic E-state index is 11.6. The van der Waals surface area contributed by atoms with Crippen LogP contribution in [0.15, 0.2) is 11.6 Å². The summed E-state index contributed by atoms with van der Waals surface area (Å²) in [5, 5.41) is 0. The van der Waals surface area contributed by atoms with Crippen LogP contribution in [0.5, 0.6) is 0 Å². The van der Waals surface area contributed by atoms with Gasteiger partial charge in [-0.05, 0) is 25.0 Å². The predicted octanol–water partition coefficient (Wildman–Crippen LogP) is 0.864. The Morgan fingerprint density at radius 3 is 3.29 bits per heavy atom. The zero-order valence-electron chi connectivity index (χ0n) is 10.0. The van der Waals surface area contributed by atoms with Gasteiger partial charge in [-0.2, -0.15) is 0 Å². The second-order valence-electron chi connectivity index (χ2n) is 5.63. The molecule has 1 aliphatic carbocycles. The summed E-state index contributed by atoms with van der Waals surface area (Å²) >= 11 is 0. The smallest absolute Gasteiger partial charge is 0.331 e.